The minimum atomic E-state index is -1.15. The maximum absolute atomic E-state index is 10.8. The lowest BCUT2D eigenvalue weighted by Crippen LogP contribution is -1.91. The lowest BCUT2D eigenvalue weighted by Gasteiger charge is -1.96. The lowest BCUT2D eigenvalue weighted by molar-refractivity contribution is 0.0702. The normalized spacial score (nSPS) is 10.7. The highest BCUT2D eigenvalue weighted by atomic mass is 35.5. The number of aromatic hydroxyl groups is 2. The fourth-order valence-electron chi connectivity index (χ4n) is 1.29. The van der Waals surface area contributed by atoms with Crippen molar-refractivity contribution >= 4 is 39.0 Å². The van der Waals surface area contributed by atoms with E-state index in [9.17, 15) is 15.0 Å². The summed E-state index contributed by atoms with van der Waals surface area (Å²) >= 11 is 6.71. The van der Waals surface area contributed by atoms with Gasteiger partial charge in [0.05, 0.1) is 10.4 Å². The molecule has 0 fully saturated rings. The second kappa shape index (κ2) is 3.29. The molecule has 0 aliphatic carbocycles. The third-order valence-corrected chi connectivity index (χ3v) is 3.51. The van der Waals surface area contributed by atoms with Crippen LogP contribution in [0.15, 0.2) is 12.1 Å². The predicted octanol–water partition coefficient (Wildman–Crippen LogP) is 2.66. The predicted molar refractivity (Wildman–Crippen MR) is 57.1 cm³/mol. The average Bonchev–Trinajstić information content (AvgIpc) is 2.42. The van der Waals surface area contributed by atoms with Crippen LogP contribution in [0.2, 0.25) is 5.02 Å². The topological polar surface area (TPSA) is 77.8 Å². The Balaban J connectivity index is 2.88. The van der Waals surface area contributed by atoms with Gasteiger partial charge in [0.1, 0.15) is 16.4 Å². The summed E-state index contributed by atoms with van der Waals surface area (Å²) in [6, 6.07) is 2.48. The van der Waals surface area contributed by atoms with Crippen molar-refractivity contribution in [3.8, 4) is 11.5 Å². The molecule has 1 heterocycles. The molecule has 1 aromatic carbocycles. The first-order valence-electron chi connectivity index (χ1n) is 3.88. The molecule has 0 saturated carbocycles. The molecule has 0 amide bonds. The zero-order valence-electron chi connectivity index (χ0n) is 7.19. The smallest absolute Gasteiger partial charge is 0.347 e. The standard InChI is InChI=1S/C9H5ClO4S/c10-7-6-4(12)1-3(11)2-5(6)15-8(7)9(13)14/h1-2,11-12H,(H,13,14). The van der Waals surface area contributed by atoms with Crippen LogP contribution in [0.1, 0.15) is 9.67 Å². The Kier molecular flexibility index (Phi) is 2.21. The third-order valence-electron chi connectivity index (χ3n) is 1.89. The highest BCUT2D eigenvalue weighted by molar-refractivity contribution is 7.21. The van der Waals surface area contributed by atoms with E-state index in [4.69, 9.17) is 16.7 Å². The van der Waals surface area contributed by atoms with Gasteiger partial charge in [-0.2, -0.15) is 0 Å². The highest BCUT2D eigenvalue weighted by Crippen LogP contribution is 2.42. The number of benzene rings is 1. The number of carboxylic acids is 1. The lowest BCUT2D eigenvalue weighted by atomic mass is 10.2. The first-order valence-corrected chi connectivity index (χ1v) is 5.07. The summed E-state index contributed by atoms with van der Waals surface area (Å²) in [6.07, 6.45) is 0. The molecule has 0 bridgehead atoms. The van der Waals surface area contributed by atoms with Crippen molar-refractivity contribution in [2.45, 2.75) is 0 Å². The van der Waals surface area contributed by atoms with E-state index in [1.165, 1.54) is 6.07 Å². The summed E-state index contributed by atoms with van der Waals surface area (Å²) in [5, 5.41) is 27.8. The molecular weight excluding hydrogens is 240 g/mol. The van der Waals surface area contributed by atoms with Crippen molar-refractivity contribution in [2.75, 3.05) is 0 Å². The molecular formula is C9H5ClO4S. The number of phenolic OH excluding ortho intramolecular Hbond substituents is 2. The molecule has 78 valence electrons. The van der Waals surface area contributed by atoms with Gasteiger partial charge in [0.2, 0.25) is 0 Å². The Labute approximate surface area is 93.0 Å². The maximum atomic E-state index is 10.8. The Morgan fingerprint density at radius 1 is 1.33 bits per heavy atom. The van der Waals surface area contributed by atoms with Crippen molar-refractivity contribution in [1.82, 2.24) is 0 Å². The number of rotatable bonds is 1. The van der Waals surface area contributed by atoms with Crippen molar-refractivity contribution in [3.05, 3.63) is 22.0 Å². The van der Waals surface area contributed by atoms with E-state index in [-0.39, 0.29) is 26.8 Å². The molecule has 0 unspecified atom stereocenters. The minimum Gasteiger partial charge on any atom is -0.508 e. The van der Waals surface area contributed by atoms with Crippen LogP contribution >= 0.6 is 22.9 Å². The van der Waals surface area contributed by atoms with Crippen molar-refractivity contribution < 1.29 is 20.1 Å². The van der Waals surface area contributed by atoms with Crippen LogP contribution in [0, 0.1) is 0 Å². The number of phenols is 2. The zero-order valence-corrected chi connectivity index (χ0v) is 8.76. The van der Waals surface area contributed by atoms with Crippen molar-refractivity contribution in [3.63, 3.8) is 0 Å². The number of hydrogen-bond donors (Lipinski definition) is 3. The monoisotopic (exact) mass is 244 g/mol. The minimum absolute atomic E-state index is 0.000000000000000222. The summed E-state index contributed by atoms with van der Waals surface area (Å²) < 4.78 is 0.440. The molecule has 0 aliphatic rings. The summed E-state index contributed by atoms with van der Waals surface area (Å²) in [4.78, 5) is 10.7. The molecule has 15 heavy (non-hydrogen) atoms. The Hall–Kier alpha value is -1.46. The molecule has 2 aromatic rings. The first kappa shape index (κ1) is 10.1. The van der Waals surface area contributed by atoms with Crippen LogP contribution in [0.4, 0.5) is 0 Å². The molecule has 0 radical (unpaired) electrons. The number of carboxylic acid groups (broad SMARTS) is 1. The molecule has 3 N–H and O–H groups in total. The van der Waals surface area contributed by atoms with Crippen molar-refractivity contribution in [1.29, 1.82) is 0 Å². The van der Waals surface area contributed by atoms with Crippen LogP contribution in [-0.4, -0.2) is 21.3 Å². The van der Waals surface area contributed by atoms with Gasteiger partial charge in [-0.3, -0.25) is 0 Å². The summed E-state index contributed by atoms with van der Waals surface area (Å²) in [5.41, 5.74) is 0. The van der Waals surface area contributed by atoms with E-state index < -0.39 is 5.97 Å². The highest BCUT2D eigenvalue weighted by Gasteiger charge is 2.19. The van der Waals surface area contributed by atoms with E-state index in [1.807, 2.05) is 0 Å². The molecule has 2 rings (SSSR count). The molecule has 0 spiro atoms. The Morgan fingerprint density at radius 2 is 2.00 bits per heavy atom. The fourth-order valence-corrected chi connectivity index (χ4v) is 2.73. The zero-order chi connectivity index (χ0) is 11.2. The first-order chi connectivity index (χ1) is 7.00. The van der Waals surface area contributed by atoms with Crippen LogP contribution in [0.25, 0.3) is 10.1 Å². The number of fused-ring (bicyclic) bond motifs is 1. The molecule has 4 nitrogen and oxygen atoms in total. The number of carbonyl (C=O) groups is 1. The summed E-state index contributed by atoms with van der Waals surface area (Å²) in [7, 11) is 0. The van der Waals surface area contributed by atoms with E-state index in [2.05, 4.69) is 0 Å². The second-order valence-electron chi connectivity index (χ2n) is 2.89. The summed E-state index contributed by atoms with van der Waals surface area (Å²) in [6.45, 7) is 0. The van der Waals surface area contributed by atoms with Gasteiger partial charge >= 0.3 is 5.97 Å². The van der Waals surface area contributed by atoms with Crippen LogP contribution in [0.5, 0.6) is 11.5 Å². The van der Waals surface area contributed by atoms with Gasteiger partial charge < -0.3 is 15.3 Å². The van der Waals surface area contributed by atoms with Crippen molar-refractivity contribution in [2.24, 2.45) is 0 Å². The molecule has 0 saturated heterocycles. The van der Waals surface area contributed by atoms with Gasteiger partial charge in [-0.1, -0.05) is 11.6 Å². The van der Waals surface area contributed by atoms with Gasteiger partial charge in [0.25, 0.3) is 0 Å². The number of thiophene rings is 1. The summed E-state index contributed by atoms with van der Waals surface area (Å²) in [5.74, 6) is -1.51. The maximum Gasteiger partial charge on any atom is 0.347 e. The SMILES string of the molecule is O=C(O)c1sc2cc(O)cc(O)c2c1Cl. The van der Waals surface area contributed by atoms with Crippen LogP contribution in [0.3, 0.4) is 0 Å². The van der Waals surface area contributed by atoms with E-state index in [0.29, 0.717) is 4.70 Å². The van der Waals surface area contributed by atoms with Gasteiger partial charge in [0.15, 0.2) is 0 Å². The van der Waals surface area contributed by atoms with E-state index in [0.717, 1.165) is 17.4 Å². The molecule has 0 atom stereocenters. The number of halogens is 1. The van der Waals surface area contributed by atoms with Crippen LogP contribution < -0.4 is 0 Å². The second-order valence-corrected chi connectivity index (χ2v) is 4.32. The van der Waals surface area contributed by atoms with Gasteiger partial charge in [-0.25, -0.2) is 4.79 Å². The molecule has 6 heteroatoms. The molecule has 1 aromatic heterocycles. The third kappa shape index (κ3) is 1.49. The Bertz CT molecular complexity index is 561. The number of hydrogen-bond acceptors (Lipinski definition) is 4. The van der Waals surface area contributed by atoms with Gasteiger partial charge in [-0.05, 0) is 6.07 Å². The van der Waals surface area contributed by atoms with Crippen LogP contribution in [-0.2, 0) is 0 Å². The van der Waals surface area contributed by atoms with E-state index in [1.54, 1.807) is 0 Å². The Morgan fingerprint density at radius 3 is 2.60 bits per heavy atom. The molecule has 0 aliphatic heterocycles. The largest absolute Gasteiger partial charge is 0.508 e. The number of aromatic carboxylic acids is 1. The fraction of sp³-hybridized carbons (Fsp3) is 0. The average molecular weight is 245 g/mol. The quantitative estimate of drug-likeness (QED) is 0.721. The van der Waals surface area contributed by atoms with Gasteiger partial charge in [0, 0.05) is 10.8 Å². The van der Waals surface area contributed by atoms with E-state index >= 15 is 0 Å². The van der Waals surface area contributed by atoms with Gasteiger partial charge in [-0.15, -0.1) is 11.3 Å².